The smallest absolute Gasteiger partial charge is 0.0705 e. The summed E-state index contributed by atoms with van der Waals surface area (Å²) in [6.07, 6.45) is 2.03. The molecule has 0 bridgehead atoms. The molecule has 0 spiro atoms. The SMILES string of the molecule is CC(C)(C)c1ccc2c(c1)C(C)(C)c1cc(-c3cnc4cccc(C(C)(C)C)c4c3)ccc1-2. The summed E-state index contributed by atoms with van der Waals surface area (Å²) >= 11 is 0. The predicted octanol–water partition coefficient (Wildman–Crippen LogP) is 8.80. The molecule has 1 heteroatoms. The molecule has 4 aromatic rings. The lowest BCUT2D eigenvalue weighted by Gasteiger charge is -2.25. The van der Waals surface area contributed by atoms with Gasteiger partial charge in [-0.1, -0.05) is 97.9 Å². The molecule has 1 heterocycles. The van der Waals surface area contributed by atoms with Gasteiger partial charge in [0.05, 0.1) is 5.52 Å². The van der Waals surface area contributed by atoms with Crippen LogP contribution in [0.1, 0.15) is 77.6 Å². The quantitative estimate of drug-likeness (QED) is 0.292. The average molecular weight is 434 g/mol. The predicted molar refractivity (Wildman–Crippen MR) is 142 cm³/mol. The fourth-order valence-electron chi connectivity index (χ4n) is 5.34. The van der Waals surface area contributed by atoms with Crippen LogP contribution in [0.25, 0.3) is 33.2 Å². The maximum Gasteiger partial charge on any atom is 0.0705 e. The number of hydrogen-bond acceptors (Lipinski definition) is 1. The first-order valence-corrected chi connectivity index (χ1v) is 12.1. The van der Waals surface area contributed by atoms with Crippen LogP contribution < -0.4 is 0 Å². The summed E-state index contributed by atoms with van der Waals surface area (Å²) in [5, 5.41) is 1.25. The van der Waals surface area contributed by atoms with E-state index >= 15 is 0 Å². The van der Waals surface area contributed by atoms with Gasteiger partial charge in [0.25, 0.3) is 0 Å². The number of aromatic nitrogens is 1. The molecule has 0 saturated carbocycles. The lowest BCUT2D eigenvalue weighted by Crippen LogP contribution is -2.17. The molecule has 0 amide bonds. The summed E-state index contributed by atoms with van der Waals surface area (Å²) in [7, 11) is 0. The molecule has 1 aromatic heterocycles. The van der Waals surface area contributed by atoms with E-state index < -0.39 is 0 Å². The largest absolute Gasteiger partial charge is 0.256 e. The lowest BCUT2D eigenvalue weighted by atomic mass is 9.78. The van der Waals surface area contributed by atoms with Gasteiger partial charge in [0.1, 0.15) is 0 Å². The molecule has 1 aliphatic rings. The summed E-state index contributed by atoms with van der Waals surface area (Å²) in [4.78, 5) is 4.84. The van der Waals surface area contributed by atoms with Gasteiger partial charge < -0.3 is 0 Å². The zero-order chi connectivity index (χ0) is 23.8. The Hall–Kier alpha value is -2.93. The second-order valence-electron chi connectivity index (χ2n) is 12.2. The Labute approximate surface area is 198 Å². The molecule has 33 heavy (non-hydrogen) atoms. The van der Waals surface area contributed by atoms with Gasteiger partial charge in [0.15, 0.2) is 0 Å². The third-order valence-corrected chi connectivity index (χ3v) is 7.41. The molecule has 0 unspecified atom stereocenters. The first kappa shape index (κ1) is 21.9. The number of pyridine rings is 1. The summed E-state index contributed by atoms with van der Waals surface area (Å²) < 4.78 is 0. The Bertz CT molecular complexity index is 1390. The zero-order valence-corrected chi connectivity index (χ0v) is 21.3. The summed E-state index contributed by atoms with van der Waals surface area (Å²) in [5.74, 6) is 0. The molecule has 0 N–H and O–H groups in total. The molecule has 3 aromatic carbocycles. The van der Waals surface area contributed by atoms with Gasteiger partial charge in [-0.3, -0.25) is 4.98 Å². The second-order valence-corrected chi connectivity index (χ2v) is 12.2. The Morgan fingerprint density at radius 2 is 1.33 bits per heavy atom. The van der Waals surface area contributed by atoms with Crippen molar-refractivity contribution in [2.24, 2.45) is 0 Å². The molecule has 5 rings (SSSR count). The van der Waals surface area contributed by atoms with Crippen molar-refractivity contribution in [2.75, 3.05) is 0 Å². The molecule has 1 nitrogen and oxygen atoms in total. The average Bonchev–Trinajstić information content (AvgIpc) is 2.98. The van der Waals surface area contributed by atoms with Crippen molar-refractivity contribution in [1.82, 2.24) is 4.98 Å². The van der Waals surface area contributed by atoms with Gasteiger partial charge in [-0.25, -0.2) is 0 Å². The summed E-state index contributed by atoms with van der Waals surface area (Å²) in [6.45, 7) is 18.4. The van der Waals surface area contributed by atoms with Gasteiger partial charge >= 0.3 is 0 Å². The Morgan fingerprint density at radius 1 is 0.667 bits per heavy atom. The second kappa shape index (κ2) is 7.03. The van der Waals surface area contributed by atoms with E-state index in [1.54, 1.807) is 0 Å². The number of fused-ring (bicyclic) bond motifs is 4. The Morgan fingerprint density at radius 3 is 2.00 bits per heavy atom. The van der Waals surface area contributed by atoms with Crippen LogP contribution >= 0.6 is 0 Å². The van der Waals surface area contributed by atoms with Crippen LogP contribution in [0.3, 0.4) is 0 Å². The van der Waals surface area contributed by atoms with Gasteiger partial charge in [-0.15, -0.1) is 0 Å². The van der Waals surface area contributed by atoms with Crippen molar-refractivity contribution in [2.45, 2.75) is 71.6 Å². The third kappa shape index (κ3) is 3.50. The maximum atomic E-state index is 4.84. The number of benzene rings is 3. The van der Waals surface area contributed by atoms with E-state index in [4.69, 9.17) is 4.98 Å². The fourth-order valence-corrected chi connectivity index (χ4v) is 5.34. The number of nitrogens with zero attached hydrogens (tertiary/aromatic N) is 1. The highest BCUT2D eigenvalue weighted by atomic mass is 14.7. The minimum absolute atomic E-state index is 0.0250. The molecule has 0 radical (unpaired) electrons. The molecular weight excluding hydrogens is 398 g/mol. The maximum absolute atomic E-state index is 4.84. The topological polar surface area (TPSA) is 12.9 Å². The van der Waals surface area contributed by atoms with E-state index in [1.165, 1.54) is 49.9 Å². The van der Waals surface area contributed by atoms with Crippen LogP contribution in [-0.4, -0.2) is 4.98 Å². The van der Waals surface area contributed by atoms with Crippen LogP contribution in [-0.2, 0) is 16.2 Å². The molecule has 0 saturated heterocycles. The highest BCUT2D eigenvalue weighted by Crippen LogP contribution is 2.50. The first-order valence-electron chi connectivity index (χ1n) is 12.1. The van der Waals surface area contributed by atoms with Crippen molar-refractivity contribution in [3.63, 3.8) is 0 Å². The van der Waals surface area contributed by atoms with Crippen molar-refractivity contribution >= 4 is 10.9 Å². The highest BCUT2D eigenvalue weighted by molar-refractivity contribution is 5.89. The van der Waals surface area contributed by atoms with E-state index in [1.807, 2.05) is 6.20 Å². The van der Waals surface area contributed by atoms with Gasteiger partial charge in [-0.05, 0) is 68.0 Å². The first-order chi connectivity index (χ1) is 15.4. The van der Waals surface area contributed by atoms with E-state index in [9.17, 15) is 0 Å². The van der Waals surface area contributed by atoms with Crippen molar-refractivity contribution in [3.8, 4) is 22.3 Å². The van der Waals surface area contributed by atoms with Crippen LogP contribution in [0.4, 0.5) is 0 Å². The molecular formula is C32H35N. The van der Waals surface area contributed by atoms with E-state index in [-0.39, 0.29) is 16.2 Å². The van der Waals surface area contributed by atoms with Crippen LogP contribution in [0, 0.1) is 0 Å². The van der Waals surface area contributed by atoms with Gasteiger partial charge in [-0.2, -0.15) is 0 Å². The van der Waals surface area contributed by atoms with Crippen molar-refractivity contribution < 1.29 is 0 Å². The molecule has 1 aliphatic carbocycles. The molecule has 0 fully saturated rings. The number of rotatable bonds is 1. The fraction of sp³-hybridized carbons (Fsp3) is 0.344. The minimum atomic E-state index is -0.0250. The highest BCUT2D eigenvalue weighted by Gasteiger charge is 2.36. The normalized spacial score (nSPS) is 14.9. The van der Waals surface area contributed by atoms with E-state index in [0.717, 1.165) is 5.52 Å². The van der Waals surface area contributed by atoms with Crippen LogP contribution in [0.2, 0.25) is 0 Å². The zero-order valence-electron chi connectivity index (χ0n) is 21.3. The molecule has 0 aliphatic heterocycles. The van der Waals surface area contributed by atoms with Gasteiger partial charge in [0, 0.05) is 22.6 Å². The molecule has 168 valence electrons. The third-order valence-electron chi connectivity index (χ3n) is 7.41. The monoisotopic (exact) mass is 433 g/mol. The minimum Gasteiger partial charge on any atom is -0.256 e. The number of hydrogen-bond donors (Lipinski definition) is 0. The van der Waals surface area contributed by atoms with Crippen molar-refractivity contribution in [3.05, 3.63) is 89.1 Å². The van der Waals surface area contributed by atoms with E-state index in [2.05, 4.69) is 116 Å². The van der Waals surface area contributed by atoms with Gasteiger partial charge in [0.2, 0.25) is 0 Å². The summed E-state index contributed by atoms with van der Waals surface area (Å²) in [6, 6.07) is 22.9. The van der Waals surface area contributed by atoms with Crippen molar-refractivity contribution in [1.29, 1.82) is 0 Å². The Balaban J connectivity index is 1.65. The summed E-state index contributed by atoms with van der Waals surface area (Å²) in [5.41, 5.74) is 12.0. The van der Waals surface area contributed by atoms with E-state index in [0.29, 0.717) is 0 Å². The lowest BCUT2D eigenvalue weighted by molar-refractivity contribution is 0.584. The van der Waals surface area contributed by atoms with Crippen LogP contribution in [0.5, 0.6) is 0 Å². The van der Waals surface area contributed by atoms with Crippen LogP contribution in [0.15, 0.2) is 66.9 Å². The molecule has 0 atom stereocenters. The Kier molecular flexibility index (Phi) is 4.67. The standard InChI is InChI=1S/C32H35N/c1-30(2,3)22-13-15-24-23-14-12-20(17-27(23)32(7,8)28(24)18-22)21-16-25-26(31(4,5)6)10-9-11-29(25)33-19-21/h9-19H,1-8H3.